The molecule has 1 aliphatic rings. The summed E-state index contributed by atoms with van der Waals surface area (Å²) < 4.78 is 0. The molecule has 0 bridgehead atoms. The minimum Gasteiger partial charge on any atom is -0.390 e. The summed E-state index contributed by atoms with van der Waals surface area (Å²) >= 11 is 0. The van der Waals surface area contributed by atoms with Gasteiger partial charge in [-0.3, -0.25) is 4.79 Å². The van der Waals surface area contributed by atoms with Gasteiger partial charge in [0.2, 0.25) is 5.91 Å². The molecule has 0 saturated carbocycles. The van der Waals surface area contributed by atoms with Gasteiger partial charge < -0.3 is 15.7 Å². The smallest absolute Gasteiger partial charge is 0.239 e. The monoisotopic (exact) mass is 228 g/mol. The fourth-order valence-electron chi connectivity index (χ4n) is 2.15. The van der Waals surface area contributed by atoms with Crippen LogP contribution in [-0.2, 0) is 4.79 Å². The molecule has 2 unspecified atom stereocenters. The van der Waals surface area contributed by atoms with Crippen molar-refractivity contribution in [1.82, 2.24) is 4.90 Å². The number of likely N-dealkylation sites (tertiary alicyclic amines) is 1. The molecule has 4 nitrogen and oxygen atoms in total. The second kappa shape index (κ2) is 5.64. The van der Waals surface area contributed by atoms with Crippen LogP contribution < -0.4 is 5.73 Å². The third-order valence-corrected chi connectivity index (χ3v) is 3.29. The van der Waals surface area contributed by atoms with Crippen LogP contribution in [0.5, 0.6) is 0 Å². The number of amides is 1. The Morgan fingerprint density at radius 3 is 2.81 bits per heavy atom. The molecular weight excluding hydrogens is 204 g/mol. The molecule has 0 aliphatic carbocycles. The van der Waals surface area contributed by atoms with E-state index in [0.717, 1.165) is 32.2 Å². The zero-order chi connectivity index (χ0) is 12.2. The number of nitrogens with zero attached hydrogens (tertiary/aromatic N) is 1. The fourth-order valence-corrected chi connectivity index (χ4v) is 2.15. The minimum absolute atomic E-state index is 0.0413. The van der Waals surface area contributed by atoms with Gasteiger partial charge in [0.15, 0.2) is 0 Å². The lowest BCUT2D eigenvalue weighted by Crippen LogP contribution is -2.44. The van der Waals surface area contributed by atoms with E-state index in [1.165, 1.54) is 0 Å². The third kappa shape index (κ3) is 3.76. The predicted molar refractivity (Wildman–Crippen MR) is 63.9 cm³/mol. The maximum atomic E-state index is 12.0. The first kappa shape index (κ1) is 13.5. The highest BCUT2D eigenvalue weighted by Crippen LogP contribution is 2.21. The molecule has 0 aromatic heterocycles. The number of carbonyl (C=O) groups is 1. The molecule has 0 aromatic carbocycles. The van der Waals surface area contributed by atoms with Crippen molar-refractivity contribution in [2.45, 2.75) is 57.6 Å². The van der Waals surface area contributed by atoms with Crippen LogP contribution in [0.3, 0.4) is 0 Å². The van der Waals surface area contributed by atoms with Crippen molar-refractivity contribution in [2.24, 2.45) is 5.73 Å². The molecule has 1 rings (SSSR count). The van der Waals surface area contributed by atoms with Crippen LogP contribution in [-0.4, -0.2) is 40.6 Å². The lowest BCUT2D eigenvalue weighted by Gasteiger charge is -2.25. The summed E-state index contributed by atoms with van der Waals surface area (Å²) in [5.41, 5.74) is 5.20. The van der Waals surface area contributed by atoms with Crippen LogP contribution in [0.15, 0.2) is 0 Å². The van der Waals surface area contributed by atoms with Crippen molar-refractivity contribution in [1.29, 1.82) is 0 Å². The van der Waals surface area contributed by atoms with Gasteiger partial charge >= 0.3 is 0 Å². The van der Waals surface area contributed by atoms with Gasteiger partial charge in [-0.05, 0) is 32.6 Å². The molecule has 1 aliphatic heterocycles. The van der Waals surface area contributed by atoms with Crippen LogP contribution in [0, 0.1) is 0 Å². The average Bonchev–Trinajstić information content (AvgIpc) is 2.39. The summed E-state index contributed by atoms with van der Waals surface area (Å²) in [7, 11) is 0. The average molecular weight is 228 g/mol. The van der Waals surface area contributed by atoms with Gasteiger partial charge in [0.1, 0.15) is 0 Å². The quantitative estimate of drug-likeness (QED) is 0.753. The second-order valence-corrected chi connectivity index (χ2v) is 5.07. The summed E-state index contributed by atoms with van der Waals surface area (Å²) in [6, 6.07) is -0.368. The van der Waals surface area contributed by atoms with E-state index in [0.29, 0.717) is 13.0 Å². The molecule has 1 heterocycles. The van der Waals surface area contributed by atoms with E-state index < -0.39 is 5.60 Å². The SMILES string of the molecule is CCCC(N)C(=O)N1CCCC(C)(O)CC1. The Bertz CT molecular complexity index is 241. The first-order valence-corrected chi connectivity index (χ1v) is 6.23. The normalized spacial score (nSPS) is 28.6. The Kier molecular flexibility index (Phi) is 4.74. The number of hydrogen-bond donors (Lipinski definition) is 2. The Hall–Kier alpha value is -0.610. The first-order valence-electron chi connectivity index (χ1n) is 6.23. The van der Waals surface area contributed by atoms with Crippen LogP contribution in [0.4, 0.5) is 0 Å². The van der Waals surface area contributed by atoms with Gasteiger partial charge in [-0.25, -0.2) is 0 Å². The summed E-state index contributed by atoms with van der Waals surface area (Å²) in [4.78, 5) is 13.8. The van der Waals surface area contributed by atoms with Gasteiger partial charge in [0, 0.05) is 13.1 Å². The largest absolute Gasteiger partial charge is 0.390 e. The van der Waals surface area contributed by atoms with Crippen LogP contribution in [0.1, 0.15) is 46.0 Å². The molecule has 0 aromatic rings. The van der Waals surface area contributed by atoms with E-state index in [-0.39, 0.29) is 11.9 Å². The van der Waals surface area contributed by atoms with Crippen LogP contribution in [0.2, 0.25) is 0 Å². The highest BCUT2D eigenvalue weighted by atomic mass is 16.3. The van der Waals surface area contributed by atoms with Crippen molar-refractivity contribution in [3.05, 3.63) is 0 Å². The number of carbonyl (C=O) groups excluding carboxylic acids is 1. The summed E-state index contributed by atoms with van der Waals surface area (Å²) in [6.45, 7) is 5.23. The summed E-state index contributed by atoms with van der Waals surface area (Å²) in [5.74, 6) is 0.0413. The van der Waals surface area contributed by atoms with E-state index in [2.05, 4.69) is 0 Å². The van der Waals surface area contributed by atoms with E-state index in [4.69, 9.17) is 5.73 Å². The van der Waals surface area contributed by atoms with Crippen molar-refractivity contribution >= 4 is 5.91 Å². The number of hydrogen-bond acceptors (Lipinski definition) is 3. The van der Waals surface area contributed by atoms with Gasteiger partial charge in [-0.1, -0.05) is 13.3 Å². The number of rotatable bonds is 3. The topological polar surface area (TPSA) is 66.6 Å². The van der Waals surface area contributed by atoms with Crippen molar-refractivity contribution in [2.75, 3.05) is 13.1 Å². The molecule has 0 radical (unpaired) electrons. The molecule has 3 N–H and O–H groups in total. The Morgan fingerprint density at radius 1 is 1.50 bits per heavy atom. The van der Waals surface area contributed by atoms with E-state index in [1.807, 2.05) is 18.7 Å². The zero-order valence-electron chi connectivity index (χ0n) is 10.4. The zero-order valence-corrected chi connectivity index (χ0v) is 10.4. The van der Waals surface area contributed by atoms with Crippen LogP contribution >= 0.6 is 0 Å². The molecule has 1 fully saturated rings. The first-order chi connectivity index (χ1) is 7.46. The second-order valence-electron chi connectivity index (χ2n) is 5.07. The molecule has 16 heavy (non-hydrogen) atoms. The van der Waals surface area contributed by atoms with E-state index >= 15 is 0 Å². The molecule has 1 amide bonds. The maximum absolute atomic E-state index is 12.0. The number of nitrogens with two attached hydrogens (primary N) is 1. The molecule has 4 heteroatoms. The molecule has 2 atom stereocenters. The molecule has 94 valence electrons. The lowest BCUT2D eigenvalue weighted by molar-refractivity contribution is -0.132. The summed E-state index contributed by atoms with van der Waals surface area (Å²) in [6.07, 6.45) is 3.94. The Labute approximate surface area is 97.8 Å². The molecular formula is C12H24N2O2. The standard InChI is InChI=1S/C12H24N2O2/c1-3-5-10(13)11(15)14-8-4-6-12(2,16)7-9-14/h10,16H,3-9,13H2,1-2H3. The maximum Gasteiger partial charge on any atom is 0.239 e. The van der Waals surface area contributed by atoms with Gasteiger partial charge in [0.05, 0.1) is 11.6 Å². The predicted octanol–water partition coefficient (Wildman–Crippen LogP) is 0.877. The third-order valence-electron chi connectivity index (χ3n) is 3.29. The molecule has 0 spiro atoms. The van der Waals surface area contributed by atoms with Crippen molar-refractivity contribution in [3.63, 3.8) is 0 Å². The van der Waals surface area contributed by atoms with Gasteiger partial charge in [-0.15, -0.1) is 0 Å². The van der Waals surface area contributed by atoms with Gasteiger partial charge in [0.25, 0.3) is 0 Å². The fraction of sp³-hybridized carbons (Fsp3) is 0.917. The van der Waals surface area contributed by atoms with Gasteiger partial charge in [-0.2, -0.15) is 0 Å². The van der Waals surface area contributed by atoms with Crippen molar-refractivity contribution < 1.29 is 9.90 Å². The van der Waals surface area contributed by atoms with E-state index in [1.54, 1.807) is 0 Å². The van der Waals surface area contributed by atoms with Crippen LogP contribution in [0.25, 0.3) is 0 Å². The number of aliphatic hydroxyl groups is 1. The summed E-state index contributed by atoms with van der Waals surface area (Å²) in [5, 5.41) is 9.93. The highest BCUT2D eigenvalue weighted by molar-refractivity contribution is 5.81. The lowest BCUT2D eigenvalue weighted by atomic mass is 9.98. The highest BCUT2D eigenvalue weighted by Gasteiger charge is 2.28. The Morgan fingerprint density at radius 2 is 2.19 bits per heavy atom. The molecule has 1 saturated heterocycles. The van der Waals surface area contributed by atoms with Crippen molar-refractivity contribution in [3.8, 4) is 0 Å². The van der Waals surface area contributed by atoms with E-state index in [9.17, 15) is 9.90 Å². The Balaban J connectivity index is 2.51. The minimum atomic E-state index is -0.621.